The topological polar surface area (TPSA) is 63.5 Å². The second kappa shape index (κ2) is 9.01. The van der Waals surface area contributed by atoms with Crippen molar-refractivity contribution in [2.24, 2.45) is 0 Å². The number of benzene rings is 1. The number of pyridine rings is 1. The molecule has 0 radical (unpaired) electrons. The smallest absolute Gasteiger partial charge is 0.263 e. The van der Waals surface area contributed by atoms with E-state index in [1.807, 2.05) is 0 Å². The molecule has 0 aliphatic heterocycles. The summed E-state index contributed by atoms with van der Waals surface area (Å²) in [5.74, 6) is -0.0117. The summed E-state index contributed by atoms with van der Waals surface area (Å²) in [6.07, 6.45) is 2.05. The summed E-state index contributed by atoms with van der Waals surface area (Å²) in [7, 11) is -4.40. The predicted molar refractivity (Wildman–Crippen MR) is 120 cm³/mol. The minimum Gasteiger partial charge on any atom is -0.263 e. The molecule has 2 heterocycles. The number of sulfonamides is 1. The standard InChI is InChI=1S/C21H16Cl2F3N3O2S/c1-3-5-6-13(4-2)18-12-19-17(23)9-10-20(29(19)27-18)28-32(30,31)14-7-8-16(22)15(11-14)21(24,25)26/h3-12,28H,1H2,2H3/b6-5-,13-4+. The van der Waals surface area contributed by atoms with E-state index in [1.165, 1.54) is 16.6 Å². The fourth-order valence-corrected chi connectivity index (χ4v) is 4.34. The van der Waals surface area contributed by atoms with Crippen molar-refractivity contribution in [2.45, 2.75) is 18.0 Å². The van der Waals surface area contributed by atoms with Gasteiger partial charge in [0.2, 0.25) is 0 Å². The van der Waals surface area contributed by atoms with Gasteiger partial charge in [-0.2, -0.15) is 18.3 Å². The highest BCUT2D eigenvalue weighted by Crippen LogP contribution is 2.36. The second-order valence-electron chi connectivity index (χ2n) is 6.48. The molecule has 0 saturated carbocycles. The quantitative estimate of drug-likeness (QED) is 0.386. The van der Waals surface area contributed by atoms with Gasteiger partial charge in [0.15, 0.2) is 0 Å². The molecule has 0 spiro atoms. The van der Waals surface area contributed by atoms with Crippen LogP contribution in [0.25, 0.3) is 11.1 Å². The van der Waals surface area contributed by atoms with Crippen molar-refractivity contribution in [3.05, 3.63) is 88.6 Å². The average Bonchev–Trinajstić information content (AvgIpc) is 3.16. The predicted octanol–water partition coefficient (Wildman–Crippen LogP) is 6.61. The number of hydrogen-bond donors (Lipinski definition) is 1. The van der Waals surface area contributed by atoms with E-state index in [0.29, 0.717) is 22.3 Å². The Bertz CT molecular complexity index is 1360. The lowest BCUT2D eigenvalue weighted by Crippen LogP contribution is -2.17. The minimum atomic E-state index is -4.81. The zero-order valence-corrected chi connectivity index (χ0v) is 18.8. The summed E-state index contributed by atoms with van der Waals surface area (Å²) in [5, 5.41) is 4.10. The number of fused-ring (bicyclic) bond motifs is 1. The third-order valence-electron chi connectivity index (χ3n) is 4.38. The Labute approximate surface area is 192 Å². The summed E-state index contributed by atoms with van der Waals surface area (Å²) in [4.78, 5) is -0.604. The fraction of sp³-hybridized carbons (Fsp3) is 0.0952. The molecule has 168 valence electrons. The van der Waals surface area contributed by atoms with Gasteiger partial charge in [0.1, 0.15) is 5.82 Å². The Kier molecular flexibility index (Phi) is 6.73. The molecule has 0 amide bonds. The summed E-state index contributed by atoms with van der Waals surface area (Å²) in [5.41, 5.74) is 0.382. The molecule has 1 N–H and O–H groups in total. The highest BCUT2D eigenvalue weighted by atomic mass is 35.5. The highest BCUT2D eigenvalue weighted by molar-refractivity contribution is 7.92. The van der Waals surface area contributed by atoms with Gasteiger partial charge in [0.05, 0.1) is 31.7 Å². The summed E-state index contributed by atoms with van der Waals surface area (Å²) >= 11 is 11.8. The van der Waals surface area contributed by atoms with Crippen LogP contribution in [-0.4, -0.2) is 18.0 Å². The van der Waals surface area contributed by atoms with Crippen LogP contribution in [0.4, 0.5) is 19.0 Å². The van der Waals surface area contributed by atoms with Gasteiger partial charge in [-0.25, -0.2) is 12.9 Å². The molecule has 0 fully saturated rings. The Morgan fingerprint density at radius 3 is 2.47 bits per heavy atom. The van der Waals surface area contributed by atoms with Gasteiger partial charge < -0.3 is 0 Å². The van der Waals surface area contributed by atoms with Gasteiger partial charge in [-0.3, -0.25) is 4.72 Å². The van der Waals surface area contributed by atoms with Gasteiger partial charge in [-0.05, 0) is 48.9 Å². The Balaban J connectivity index is 2.08. The number of aromatic nitrogens is 2. The van der Waals surface area contributed by atoms with E-state index in [0.717, 1.165) is 17.7 Å². The third kappa shape index (κ3) is 4.85. The third-order valence-corrected chi connectivity index (χ3v) is 6.38. The summed E-state index contributed by atoms with van der Waals surface area (Å²) in [6.45, 7) is 5.41. The van der Waals surface area contributed by atoms with Gasteiger partial charge in [0.25, 0.3) is 10.0 Å². The molecule has 1 aromatic carbocycles. The Morgan fingerprint density at radius 2 is 1.84 bits per heavy atom. The number of rotatable bonds is 6. The van der Waals surface area contributed by atoms with Crippen LogP contribution in [-0.2, 0) is 16.2 Å². The molecule has 0 aliphatic carbocycles. The average molecular weight is 502 g/mol. The maximum Gasteiger partial charge on any atom is 0.417 e. The van der Waals surface area contributed by atoms with Gasteiger partial charge in [0, 0.05) is 0 Å². The monoisotopic (exact) mass is 501 g/mol. The van der Waals surface area contributed by atoms with Crippen LogP contribution in [0.3, 0.4) is 0 Å². The Hall–Kier alpha value is -2.75. The maximum atomic E-state index is 13.2. The van der Waals surface area contributed by atoms with Crippen LogP contribution in [0.2, 0.25) is 10.0 Å². The van der Waals surface area contributed by atoms with Crippen molar-refractivity contribution in [1.29, 1.82) is 0 Å². The lowest BCUT2D eigenvalue weighted by Gasteiger charge is -2.13. The van der Waals surface area contributed by atoms with Crippen LogP contribution >= 0.6 is 23.2 Å². The van der Waals surface area contributed by atoms with Crippen molar-refractivity contribution in [3.8, 4) is 0 Å². The molecule has 0 atom stereocenters. The lowest BCUT2D eigenvalue weighted by molar-refractivity contribution is -0.137. The molecule has 5 nitrogen and oxygen atoms in total. The number of hydrogen-bond acceptors (Lipinski definition) is 3. The van der Waals surface area contributed by atoms with Crippen LogP contribution in [0, 0.1) is 0 Å². The molecule has 32 heavy (non-hydrogen) atoms. The fourth-order valence-electron chi connectivity index (χ4n) is 2.85. The first-order valence-electron chi connectivity index (χ1n) is 9.01. The van der Waals surface area contributed by atoms with Gasteiger partial charge in [-0.1, -0.05) is 54.1 Å². The zero-order valence-electron chi connectivity index (χ0n) is 16.5. The van der Waals surface area contributed by atoms with E-state index in [1.54, 1.807) is 37.3 Å². The molecule has 3 rings (SSSR count). The van der Waals surface area contributed by atoms with Crippen molar-refractivity contribution in [1.82, 2.24) is 9.61 Å². The SMILES string of the molecule is C=C/C=C\C(=C/C)c1cc2c(Cl)ccc(NS(=O)(=O)c3ccc(Cl)c(C(F)(F)F)c3)n2n1. The number of nitrogens with one attached hydrogen (secondary N) is 1. The molecule has 2 aromatic heterocycles. The number of halogens is 5. The lowest BCUT2D eigenvalue weighted by atomic mass is 10.1. The molecule has 3 aromatic rings. The van der Waals surface area contributed by atoms with Crippen molar-refractivity contribution >= 4 is 50.1 Å². The van der Waals surface area contributed by atoms with E-state index in [-0.39, 0.29) is 5.82 Å². The van der Waals surface area contributed by atoms with Crippen LogP contribution in [0.1, 0.15) is 18.2 Å². The van der Waals surface area contributed by atoms with E-state index in [4.69, 9.17) is 23.2 Å². The van der Waals surface area contributed by atoms with Crippen molar-refractivity contribution < 1.29 is 21.6 Å². The van der Waals surface area contributed by atoms with E-state index >= 15 is 0 Å². The van der Waals surface area contributed by atoms with Crippen LogP contribution < -0.4 is 4.72 Å². The van der Waals surface area contributed by atoms with Crippen LogP contribution in [0.5, 0.6) is 0 Å². The van der Waals surface area contributed by atoms with Crippen molar-refractivity contribution in [2.75, 3.05) is 4.72 Å². The summed E-state index contributed by atoms with van der Waals surface area (Å²) < 4.78 is 68.6. The number of alkyl halides is 3. The first-order chi connectivity index (χ1) is 15.0. The number of allylic oxidation sites excluding steroid dienone is 5. The Morgan fingerprint density at radius 1 is 1.16 bits per heavy atom. The molecule has 11 heteroatoms. The molecular weight excluding hydrogens is 486 g/mol. The number of anilines is 1. The minimum absolute atomic E-state index is 0.0117. The molecule has 0 saturated heterocycles. The van der Waals surface area contributed by atoms with Crippen LogP contribution in [0.15, 0.2) is 72.2 Å². The van der Waals surface area contributed by atoms with E-state index in [2.05, 4.69) is 16.4 Å². The second-order valence-corrected chi connectivity index (χ2v) is 8.97. The first kappa shape index (κ1) is 23.9. The van der Waals surface area contributed by atoms with E-state index < -0.39 is 31.7 Å². The molecule has 0 unspecified atom stereocenters. The van der Waals surface area contributed by atoms with Crippen molar-refractivity contribution in [3.63, 3.8) is 0 Å². The molecule has 0 bridgehead atoms. The summed E-state index contributed by atoms with van der Waals surface area (Å²) in [6, 6.07) is 6.82. The first-order valence-corrected chi connectivity index (χ1v) is 11.3. The highest BCUT2D eigenvalue weighted by Gasteiger charge is 2.34. The van der Waals surface area contributed by atoms with Gasteiger partial charge in [-0.15, -0.1) is 0 Å². The molecular formula is C21H16Cl2F3N3O2S. The maximum absolute atomic E-state index is 13.2. The normalized spacial score (nSPS) is 13.1. The zero-order chi connectivity index (χ0) is 23.7. The largest absolute Gasteiger partial charge is 0.417 e. The number of nitrogens with zero attached hydrogens (tertiary/aromatic N) is 2. The van der Waals surface area contributed by atoms with E-state index in [9.17, 15) is 21.6 Å². The molecule has 0 aliphatic rings. The van der Waals surface area contributed by atoms with Gasteiger partial charge >= 0.3 is 6.18 Å².